The first-order chi connectivity index (χ1) is 21.8. The summed E-state index contributed by atoms with van der Waals surface area (Å²) >= 11 is 0. The number of ether oxygens (including phenoxy) is 1. The summed E-state index contributed by atoms with van der Waals surface area (Å²) in [4.78, 5) is 54.5. The summed E-state index contributed by atoms with van der Waals surface area (Å²) in [6.45, 7) is 4.07. The van der Waals surface area contributed by atoms with Crippen molar-refractivity contribution in [3.63, 3.8) is 0 Å². The summed E-state index contributed by atoms with van der Waals surface area (Å²) in [5.74, 6) is -0.325. The van der Waals surface area contributed by atoms with Crippen molar-refractivity contribution in [2.75, 3.05) is 19.6 Å². The summed E-state index contributed by atoms with van der Waals surface area (Å²) in [5, 5.41) is 0. The number of hydrogen-bond donors (Lipinski definition) is 1. The van der Waals surface area contributed by atoms with Crippen LogP contribution in [0.5, 0.6) is 5.75 Å². The van der Waals surface area contributed by atoms with Crippen LogP contribution < -0.4 is 16.2 Å². The Morgan fingerprint density at radius 2 is 1.58 bits per heavy atom. The van der Waals surface area contributed by atoms with Gasteiger partial charge in [-0.05, 0) is 70.6 Å². The average molecular weight is 605 g/mol. The molecule has 0 atom stereocenters. The van der Waals surface area contributed by atoms with Crippen LogP contribution >= 0.6 is 0 Å². The molecule has 1 N–H and O–H groups in total. The molecule has 45 heavy (non-hydrogen) atoms. The molecule has 0 unspecified atom stereocenters. The summed E-state index contributed by atoms with van der Waals surface area (Å²) in [6.07, 6.45) is 0. The molecule has 0 spiro atoms. The molecule has 10 nitrogen and oxygen atoms in total. The molecule has 5 aromatic rings. The zero-order chi connectivity index (χ0) is 31.3. The number of aryl methyl sites for hydroxylation is 1. The van der Waals surface area contributed by atoms with Gasteiger partial charge in [0.15, 0.2) is 0 Å². The summed E-state index contributed by atoms with van der Waals surface area (Å²) < 4.78 is 11.8. The number of nitrogens with zero attached hydrogens (tertiary/aromatic N) is 3. The molecule has 2 heterocycles. The Morgan fingerprint density at radius 3 is 2.29 bits per heavy atom. The van der Waals surface area contributed by atoms with E-state index in [1.165, 1.54) is 0 Å². The molecule has 1 saturated heterocycles. The van der Waals surface area contributed by atoms with Gasteiger partial charge >= 0.3 is 11.4 Å². The Bertz CT molecular complexity index is 1940. The molecular weight excluding hydrogens is 572 g/mol. The maximum absolute atomic E-state index is 13.3. The lowest BCUT2D eigenvalue weighted by Crippen LogP contribution is -2.51. The molecule has 228 valence electrons. The van der Waals surface area contributed by atoms with E-state index in [2.05, 4.69) is 11.1 Å². The third kappa shape index (κ3) is 6.96. The van der Waals surface area contributed by atoms with E-state index in [1.54, 1.807) is 34.1 Å². The van der Waals surface area contributed by atoms with Crippen LogP contribution in [-0.4, -0.2) is 51.0 Å². The molecule has 0 aliphatic carbocycles. The smallest absolute Gasteiger partial charge is 0.440 e. The van der Waals surface area contributed by atoms with Gasteiger partial charge in [-0.3, -0.25) is 9.59 Å². The Labute approximate surface area is 259 Å². The molecule has 1 aliphatic heterocycles. The number of carbonyl (C=O) groups is 2. The molecule has 10 heteroatoms. The van der Waals surface area contributed by atoms with Gasteiger partial charge in [0.2, 0.25) is 5.91 Å². The van der Waals surface area contributed by atoms with E-state index in [0.29, 0.717) is 37.6 Å². The number of amides is 2. The second kappa shape index (κ2) is 12.9. The number of aromatic nitrogens is 2. The number of rotatable bonds is 9. The standard InChI is InChI=1S/C35H32N4O6/c1-24-18-29(33(41)38-17-16-37(32(40)22-38)20-25-6-3-2-4-7-25)12-15-31(24)28-9-5-8-27(19-28)23-44-30-13-10-26(11-14-30)21-39-34(42)36-35(43)45-39/h2-15,18-19H,16-17,20-23H2,1H3,(H,36,42,43). The number of hydrogen-bond acceptors (Lipinski definition) is 6. The highest BCUT2D eigenvalue weighted by Crippen LogP contribution is 2.27. The molecule has 4 aromatic carbocycles. The van der Waals surface area contributed by atoms with Gasteiger partial charge in [-0.25, -0.2) is 14.6 Å². The Kier molecular flexibility index (Phi) is 8.45. The van der Waals surface area contributed by atoms with E-state index in [1.807, 2.05) is 73.7 Å². The van der Waals surface area contributed by atoms with Crippen molar-refractivity contribution in [2.24, 2.45) is 0 Å². The van der Waals surface area contributed by atoms with Crippen LogP contribution in [0.2, 0.25) is 0 Å². The van der Waals surface area contributed by atoms with Gasteiger partial charge in [0.25, 0.3) is 5.91 Å². The van der Waals surface area contributed by atoms with Crippen LogP contribution in [-0.2, 0) is 24.5 Å². The van der Waals surface area contributed by atoms with E-state index < -0.39 is 11.4 Å². The monoisotopic (exact) mass is 604 g/mol. The molecule has 0 saturated carbocycles. The number of nitrogens with one attached hydrogen (secondary N) is 1. The molecule has 2 amide bonds. The van der Waals surface area contributed by atoms with Crippen molar-refractivity contribution in [3.8, 4) is 16.9 Å². The highest BCUT2D eigenvalue weighted by molar-refractivity contribution is 5.97. The quantitative estimate of drug-likeness (QED) is 0.269. The third-order valence-corrected chi connectivity index (χ3v) is 7.82. The van der Waals surface area contributed by atoms with Gasteiger partial charge in [0.1, 0.15) is 18.9 Å². The van der Waals surface area contributed by atoms with Crippen molar-refractivity contribution >= 4 is 11.8 Å². The zero-order valence-corrected chi connectivity index (χ0v) is 24.8. The lowest BCUT2D eigenvalue weighted by molar-refractivity contribution is -0.135. The maximum Gasteiger partial charge on any atom is 0.440 e. The molecule has 1 fully saturated rings. The number of aromatic amines is 1. The predicted octanol–water partition coefficient (Wildman–Crippen LogP) is 4.22. The molecule has 0 radical (unpaired) electrons. The SMILES string of the molecule is Cc1cc(C(=O)N2CCN(Cc3ccccc3)C(=O)C2)ccc1-c1cccc(COc2ccc(Cn3oc(=O)[nH]c3=O)cc2)c1. The van der Waals surface area contributed by atoms with Crippen molar-refractivity contribution < 1.29 is 18.8 Å². The minimum absolute atomic E-state index is 0.0508. The highest BCUT2D eigenvalue weighted by atomic mass is 16.5. The van der Waals surface area contributed by atoms with Crippen LogP contribution in [0.15, 0.2) is 111 Å². The predicted molar refractivity (Wildman–Crippen MR) is 168 cm³/mol. The fourth-order valence-electron chi connectivity index (χ4n) is 5.43. The minimum atomic E-state index is -0.788. The summed E-state index contributed by atoms with van der Waals surface area (Å²) in [5.41, 5.74) is 5.77. The maximum atomic E-state index is 13.3. The van der Waals surface area contributed by atoms with Crippen LogP contribution in [0.4, 0.5) is 0 Å². The highest BCUT2D eigenvalue weighted by Gasteiger charge is 2.28. The van der Waals surface area contributed by atoms with Crippen LogP contribution in [0, 0.1) is 6.92 Å². The van der Waals surface area contributed by atoms with Crippen molar-refractivity contribution in [3.05, 3.63) is 146 Å². The first-order valence-corrected chi connectivity index (χ1v) is 14.7. The molecule has 0 bridgehead atoms. The molecule has 1 aromatic heterocycles. The van der Waals surface area contributed by atoms with Crippen LogP contribution in [0.1, 0.15) is 32.6 Å². The molecule has 1 aliphatic rings. The Balaban J connectivity index is 1.06. The molecular formula is C35H32N4O6. The van der Waals surface area contributed by atoms with E-state index in [-0.39, 0.29) is 24.9 Å². The second-order valence-corrected chi connectivity index (χ2v) is 11.0. The Morgan fingerprint density at radius 1 is 0.822 bits per heavy atom. The average Bonchev–Trinajstić information content (AvgIpc) is 3.37. The fraction of sp³-hybridized carbons (Fsp3) is 0.200. The van der Waals surface area contributed by atoms with Gasteiger partial charge in [0, 0.05) is 25.2 Å². The van der Waals surface area contributed by atoms with Crippen molar-refractivity contribution in [1.82, 2.24) is 19.5 Å². The van der Waals surface area contributed by atoms with E-state index in [9.17, 15) is 19.2 Å². The first-order valence-electron chi connectivity index (χ1n) is 14.7. The van der Waals surface area contributed by atoms with Gasteiger partial charge < -0.3 is 19.1 Å². The zero-order valence-electron chi connectivity index (χ0n) is 24.8. The van der Waals surface area contributed by atoms with E-state index in [0.717, 1.165) is 38.1 Å². The second-order valence-electron chi connectivity index (χ2n) is 11.0. The lowest BCUT2D eigenvalue weighted by Gasteiger charge is -2.34. The van der Waals surface area contributed by atoms with Crippen LogP contribution in [0.25, 0.3) is 11.1 Å². The fourth-order valence-corrected chi connectivity index (χ4v) is 5.43. The van der Waals surface area contributed by atoms with Gasteiger partial charge in [-0.1, -0.05) is 66.7 Å². The van der Waals surface area contributed by atoms with E-state index in [4.69, 9.17) is 9.26 Å². The van der Waals surface area contributed by atoms with Crippen molar-refractivity contribution in [2.45, 2.75) is 26.6 Å². The number of benzene rings is 4. The van der Waals surface area contributed by atoms with Crippen molar-refractivity contribution in [1.29, 1.82) is 0 Å². The Hall–Kier alpha value is -5.64. The number of piperazine rings is 1. The minimum Gasteiger partial charge on any atom is -0.489 e. The van der Waals surface area contributed by atoms with Gasteiger partial charge in [-0.15, -0.1) is 4.74 Å². The number of H-pyrrole nitrogens is 1. The van der Waals surface area contributed by atoms with Gasteiger partial charge in [-0.2, -0.15) is 0 Å². The third-order valence-electron chi connectivity index (χ3n) is 7.82. The summed E-state index contributed by atoms with van der Waals surface area (Å²) in [7, 11) is 0. The topological polar surface area (TPSA) is 118 Å². The van der Waals surface area contributed by atoms with Gasteiger partial charge in [0.05, 0.1) is 6.54 Å². The number of carbonyl (C=O) groups excluding carboxylic acids is 2. The first kappa shape index (κ1) is 29.4. The van der Waals surface area contributed by atoms with Crippen LogP contribution in [0.3, 0.4) is 0 Å². The van der Waals surface area contributed by atoms with E-state index >= 15 is 0 Å². The lowest BCUT2D eigenvalue weighted by atomic mass is 9.96. The molecule has 6 rings (SSSR count). The normalized spacial score (nSPS) is 13.2. The summed E-state index contributed by atoms with van der Waals surface area (Å²) in [6, 6.07) is 30.8. The largest absolute Gasteiger partial charge is 0.489 e.